The van der Waals surface area contributed by atoms with Gasteiger partial charge in [-0.1, -0.05) is 18.2 Å². The highest BCUT2D eigenvalue weighted by atomic mass is 16.5. The molecule has 0 aromatic heterocycles. The van der Waals surface area contributed by atoms with Crippen LogP contribution < -0.4 is 15.4 Å². The number of anilines is 1. The normalized spacial score (nSPS) is 10.1. The van der Waals surface area contributed by atoms with Crippen molar-refractivity contribution in [3.8, 4) is 5.75 Å². The lowest BCUT2D eigenvalue weighted by Crippen LogP contribution is -2.30. The molecule has 2 aromatic rings. The first-order valence-corrected chi connectivity index (χ1v) is 8.43. The number of nitrogens with one attached hydrogen (secondary N) is 2. The van der Waals surface area contributed by atoms with Crippen LogP contribution in [0.5, 0.6) is 5.75 Å². The predicted molar refractivity (Wildman–Crippen MR) is 101 cm³/mol. The fourth-order valence-electron chi connectivity index (χ4n) is 2.46. The van der Waals surface area contributed by atoms with Crippen LogP contribution in [0.4, 0.5) is 10.5 Å². The molecule has 0 fully saturated rings. The average Bonchev–Trinajstić information content (AvgIpc) is 2.63. The average molecular weight is 356 g/mol. The Kier molecular flexibility index (Phi) is 7.02. The van der Waals surface area contributed by atoms with Crippen molar-refractivity contribution in [1.82, 2.24) is 5.32 Å². The van der Waals surface area contributed by atoms with Crippen molar-refractivity contribution in [2.45, 2.75) is 20.3 Å². The van der Waals surface area contributed by atoms with Crippen molar-refractivity contribution < 1.29 is 19.1 Å². The van der Waals surface area contributed by atoms with Crippen LogP contribution in [0.1, 0.15) is 27.9 Å². The molecule has 2 N–H and O–H groups in total. The highest BCUT2D eigenvalue weighted by Crippen LogP contribution is 2.22. The number of urea groups is 1. The molecule has 2 aromatic carbocycles. The number of carbonyl (C=O) groups is 2. The summed E-state index contributed by atoms with van der Waals surface area (Å²) in [6, 6.07) is 12.2. The fraction of sp³-hybridized carbons (Fsp3) is 0.300. The van der Waals surface area contributed by atoms with Crippen molar-refractivity contribution >= 4 is 17.7 Å². The summed E-state index contributed by atoms with van der Waals surface area (Å²) in [6.45, 7) is 5.05. The van der Waals surface area contributed by atoms with Crippen LogP contribution in [-0.4, -0.2) is 32.3 Å². The van der Waals surface area contributed by atoms with E-state index in [1.165, 1.54) is 7.11 Å². The lowest BCUT2D eigenvalue weighted by atomic mass is 10.1. The van der Waals surface area contributed by atoms with Crippen molar-refractivity contribution in [3.63, 3.8) is 0 Å². The minimum atomic E-state index is -0.412. The second kappa shape index (κ2) is 9.46. The first-order chi connectivity index (χ1) is 12.5. The summed E-state index contributed by atoms with van der Waals surface area (Å²) < 4.78 is 10.4. The van der Waals surface area contributed by atoms with Gasteiger partial charge in [0.1, 0.15) is 5.75 Å². The highest BCUT2D eigenvalue weighted by molar-refractivity contribution is 5.92. The maximum Gasteiger partial charge on any atom is 0.337 e. The number of para-hydroxylation sites is 1. The molecule has 0 aliphatic heterocycles. The first-order valence-electron chi connectivity index (χ1n) is 8.43. The Labute approximate surface area is 153 Å². The third-order valence-corrected chi connectivity index (χ3v) is 3.83. The number of amides is 2. The molecule has 0 atom stereocenters. The zero-order valence-corrected chi connectivity index (χ0v) is 15.3. The maximum atomic E-state index is 11.9. The van der Waals surface area contributed by atoms with Gasteiger partial charge in [-0.15, -0.1) is 0 Å². The number of esters is 1. The van der Waals surface area contributed by atoms with Gasteiger partial charge in [-0.05, 0) is 55.7 Å². The molecule has 0 aliphatic carbocycles. The van der Waals surface area contributed by atoms with Gasteiger partial charge in [0.05, 0.1) is 19.3 Å². The Bertz CT molecular complexity index is 737. The summed E-state index contributed by atoms with van der Waals surface area (Å²) in [5.41, 5.74) is 3.24. The molecule has 0 saturated heterocycles. The van der Waals surface area contributed by atoms with E-state index in [1.807, 2.05) is 32.0 Å². The van der Waals surface area contributed by atoms with E-state index in [9.17, 15) is 9.59 Å². The van der Waals surface area contributed by atoms with Gasteiger partial charge in [-0.3, -0.25) is 0 Å². The number of benzene rings is 2. The number of ether oxygens (including phenoxy) is 2. The van der Waals surface area contributed by atoms with E-state index in [1.54, 1.807) is 24.3 Å². The van der Waals surface area contributed by atoms with E-state index in [0.29, 0.717) is 30.8 Å². The smallest absolute Gasteiger partial charge is 0.337 e. The van der Waals surface area contributed by atoms with Crippen LogP contribution in [0.3, 0.4) is 0 Å². The van der Waals surface area contributed by atoms with E-state index < -0.39 is 5.97 Å². The number of carbonyl (C=O) groups excluding carboxylic acids is 2. The second-order valence-electron chi connectivity index (χ2n) is 5.87. The van der Waals surface area contributed by atoms with Crippen molar-refractivity contribution in [1.29, 1.82) is 0 Å². The molecule has 0 heterocycles. The Morgan fingerprint density at radius 3 is 2.27 bits per heavy atom. The number of hydrogen-bond acceptors (Lipinski definition) is 4. The number of rotatable bonds is 7. The third-order valence-electron chi connectivity index (χ3n) is 3.83. The van der Waals surface area contributed by atoms with Gasteiger partial charge in [0.25, 0.3) is 0 Å². The standard InChI is InChI=1S/C20H24N2O4/c1-14-6-4-7-15(2)18(14)26-13-5-12-21-20(24)22-17-10-8-16(9-11-17)19(23)25-3/h4,6-11H,5,12-13H2,1-3H3,(H2,21,22,24). The maximum absolute atomic E-state index is 11.9. The zero-order valence-electron chi connectivity index (χ0n) is 15.3. The topological polar surface area (TPSA) is 76.7 Å². The Morgan fingerprint density at radius 1 is 1.00 bits per heavy atom. The lowest BCUT2D eigenvalue weighted by Gasteiger charge is -2.12. The molecule has 0 aliphatic rings. The fourth-order valence-corrected chi connectivity index (χ4v) is 2.46. The molecule has 0 saturated carbocycles. The summed E-state index contributed by atoms with van der Waals surface area (Å²) in [4.78, 5) is 23.2. The molecular weight excluding hydrogens is 332 g/mol. The van der Waals surface area contributed by atoms with Crippen LogP contribution in [0.25, 0.3) is 0 Å². The van der Waals surface area contributed by atoms with Gasteiger partial charge in [0, 0.05) is 12.2 Å². The first kappa shape index (κ1) is 19.3. The van der Waals surface area contributed by atoms with Crippen LogP contribution in [0, 0.1) is 13.8 Å². The van der Waals surface area contributed by atoms with Crippen LogP contribution in [0.2, 0.25) is 0 Å². The van der Waals surface area contributed by atoms with E-state index >= 15 is 0 Å². The quantitative estimate of drug-likeness (QED) is 0.586. The molecule has 0 unspecified atom stereocenters. The van der Waals surface area contributed by atoms with Gasteiger partial charge < -0.3 is 20.1 Å². The predicted octanol–water partition coefficient (Wildman–Crippen LogP) is 3.68. The number of aryl methyl sites for hydroxylation is 2. The Hall–Kier alpha value is -3.02. The van der Waals surface area contributed by atoms with Gasteiger partial charge in [0.2, 0.25) is 0 Å². The number of methoxy groups -OCH3 is 1. The molecule has 0 spiro atoms. The minimum absolute atomic E-state index is 0.303. The van der Waals surface area contributed by atoms with E-state index in [4.69, 9.17) is 4.74 Å². The summed E-state index contributed by atoms with van der Waals surface area (Å²) in [5.74, 6) is 0.493. The Balaban J connectivity index is 1.70. The largest absolute Gasteiger partial charge is 0.493 e. The molecule has 6 heteroatoms. The third kappa shape index (κ3) is 5.51. The van der Waals surface area contributed by atoms with Crippen molar-refractivity contribution in [2.24, 2.45) is 0 Å². The summed E-state index contributed by atoms with van der Waals surface area (Å²) >= 11 is 0. The van der Waals surface area contributed by atoms with E-state index in [2.05, 4.69) is 15.4 Å². The van der Waals surface area contributed by atoms with Crippen LogP contribution >= 0.6 is 0 Å². The second-order valence-corrected chi connectivity index (χ2v) is 5.87. The van der Waals surface area contributed by atoms with Crippen LogP contribution in [-0.2, 0) is 4.74 Å². The lowest BCUT2D eigenvalue weighted by molar-refractivity contribution is 0.0600. The molecule has 0 radical (unpaired) electrons. The minimum Gasteiger partial charge on any atom is -0.493 e. The summed E-state index contributed by atoms with van der Waals surface area (Å²) in [7, 11) is 1.33. The molecule has 138 valence electrons. The molecule has 0 bridgehead atoms. The van der Waals surface area contributed by atoms with E-state index in [-0.39, 0.29) is 6.03 Å². The van der Waals surface area contributed by atoms with Crippen LogP contribution in [0.15, 0.2) is 42.5 Å². The van der Waals surface area contributed by atoms with Gasteiger partial charge in [0.15, 0.2) is 0 Å². The van der Waals surface area contributed by atoms with Crippen molar-refractivity contribution in [3.05, 3.63) is 59.2 Å². The van der Waals surface area contributed by atoms with Gasteiger partial charge in [-0.25, -0.2) is 9.59 Å². The molecule has 26 heavy (non-hydrogen) atoms. The molecule has 2 amide bonds. The summed E-state index contributed by atoms with van der Waals surface area (Å²) in [6.07, 6.45) is 0.697. The summed E-state index contributed by atoms with van der Waals surface area (Å²) in [5, 5.41) is 5.48. The van der Waals surface area contributed by atoms with Crippen molar-refractivity contribution in [2.75, 3.05) is 25.6 Å². The van der Waals surface area contributed by atoms with E-state index in [0.717, 1.165) is 16.9 Å². The zero-order chi connectivity index (χ0) is 18.9. The van der Waals surface area contributed by atoms with Gasteiger partial charge >= 0.3 is 12.0 Å². The molecule has 6 nitrogen and oxygen atoms in total. The SMILES string of the molecule is COC(=O)c1ccc(NC(=O)NCCCOc2c(C)cccc2C)cc1. The monoisotopic (exact) mass is 356 g/mol. The van der Waals surface area contributed by atoms with Gasteiger partial charge in [-0.2, -0.15) is 0 Å². The highest BCUT2D eigenvalue weighted by Gasteiger charge is 2.06. The Morgan fingerprint density at radius 2 is 1.65 bits per heavy atom. The number of hydrogen-bond donors (Lipinski definition) is 2. The molecular formula is C20H24N2O4. The molecule has 2 rings (SSSR count).